The number of aliphatic hydroxyl groups is 1. The van der Waals surface area contributed by atoms with E-state index in [-0.39, 0.29) is 25.1 Å². The maximum Gasteiger partial charge on any atom is 0.238 e. The fourth-order valence-electron chi connectivity index (χ4n) is 2.03. The highest BCUT2D eigenvalue weighted by Gasteiger charge is 2.24. The molecule has 110 valence electrons. The van der Waals surface area contributed by atoms with Crippen molar-refractivity contribution < 1.29 is 14.6 Å². The van der Waals surface area contributed by atoms with Crippen molar-refractivity contribution in [1.82, 2.24) is 4.90 Å². The molecule has 1 saturated heterocycles. The lowest BCUT2D eigenvalue weighted by molar-refractivity contribution is -0.120. The van der Waals surface area contributed by atoms with Gasteiger partial charge in [-0.05, 0) is 18.2 Å². The Balaban J connectivity index is 1.96. The highest BCUT2D eigenvalue weighted by Crippen LogP contribution is 2.25. The van der Waals surface area contributed by atoms with E-state index in [1.54, 1.807) is 18.2 Å². The average molecular weight is 319 g/mol. The maximum absolute atomic E-state index is 12.0. The van der Waals surface area contributed by atoms with Gasteiger partial charge in [-0.25, -0.2) is 0 Å². The Morgan fingerprint density at radius 1 is 1.50 bits per heavy atom. The Morgan fingerprint density at radius 2 is 2.30 bits per heavy atom. The van der Waals surface area contributed by atoms with E-state index in [4.69, 9.17) is 27.9 Å². The molecule has 1 fully saturated rings. The lowest BCUT2D eigenvalue weighted by Crippen LogP contribution is -2.50. The second kappa shape index (κ2) is 7.24. The van der Waals surface area contributed by atoms with E-state index < -0.39 is 0 Å². The van der Waals surface area contributed by atoms with E-state index in [1.807, 2.05) is 4.90 Å². The van der Waals surface area contributed by atoms with Crippen molar-refractivity contribution >= 4 is 34.8 Å². The first-order valence-corrected chi connectivity index (χ1v) is 7.03. The van der Waals surface area contributed by atoms with Gasteiger partial charge in [0.05, 0.1) is 43.1 Å². The second-order valence-electron chi connectivity index (χ2n) is 4.55. The van der Waals surface area contributed by atoms with Gasteiger partial charge >= 0.3 is 0 Å². The van der Waals surface area contributed by atoms with Crippen molar-refractivity contribution in [2.45, 2.75) is 6.04 Å². The molecule has 1 aliphatic rings. The lowest BCUT2D eigenvalue weighted by Gasteiger charge is -2.33. The molecule has 7 heteroatoms. The fourth-order valence-corrected chi connectivity index (χ4v) is 2.37. The van der Waals surface area contributed by atoms with Gasteiger partial charge < -0.3 is 15.2 Å². The number of nitrogens with one attached hydrogen (secondary N) is 1. The molecule has 1 aliphatic heterocycles. The van der Waals surface area contributed by atoms with Crippen molar-refractivity contribution in [2.24, 2.45) is 0 Å². The number of amides is 1. The molecule has 1 heterocycles. The molecule has 1 unspecified atom stereocenters. The maximum atomic E-state index is 12.0. The van der Waals surface area contributed by atoms with Gasteiger partial charge in [0.25, 0.3) is 0 Å². The summed E-state index contributed by atoms with van der Waals surface area (Å²) in [7, 11) is 0. The number of benzene rings is 1. The first-order valence-electron chi connectivity index (χ1n) is 6.27. The summed E-state index contributed by atoms with van der Waals surface area (Å²) in [5.41, 5.74) is 0.484. The van der Waals surface area contributed by atoms with Gasteiger partial charge in [-0.1, -0.05) is 23.2 Å². The number of rotatable bonds is 4. The summed E-state index contributed by atoms with van der Waals surface area (Å²) in [4.78, 5) is 13.9. The van der Waals surface area contributed by atoms with Crippen molar-refractivity contribution in [3.63, 3.8) is 0 Å². The Hall–Kier alpha value is -0.850. The van der Waals surface area contributed by atoms with Gasteiger partial charge in [0.2, 0.25) is 5.91 Å². The number of nitrogens with zero attached hydrogens (tertiary/aromatic N) is 1. The predicted molar refractivity (Wildman–Crippen MR) is 78.4 cm³/mol. The van der Waals surface area contributed by atoms with Crippen molar-refractivity contribution in [3.8, 4) is 0 Å². The highest BCUT2D eigenvalue weighted by molar-refractivity contribution is 6.35. The molecule has 0 saturated carbocycles. The summed E-state index contributed by atoms with van der Waals surface area (Å²) in [6, 6.07) is 4.74. The Bertz CT molecular complexity index is 485. The number of ether oxygens (including phenoxy) is 1. The molecule has 0 spiro atoms. The molecule has 1 amide bonds. The molecule has 1 aromatic carbocycles. The minimum absolute atomic E-state index is 0.0365. The van der Waals surface area contributed by atoms with E-state index in [2.05, 4.69) is 5.32 Å². The van der Waals surface area contributed by atoms with Crippen LogP contribution in [0.5, 0.6) is 0 Å². The quantitative estimate of drug-likeness (QED) is 0.885. The molecule has 1 aromatic rings. The number of anilines is 1. The molecule has 1 atom stereocenters. The van der Waals surface area contributed by atoms with Gasteiger partial charge in [-0.3, -0.25) is 9.69 Å². The minimum atomic E-state index is -0.200. The molecule has 0 bridgehead atoms. The van der Waals surface area contributed by atoms with Gasteiger partial charge in [0.1, 0.15) is 0 Å². The third kappa shape index (κ3) is 4.07. The Labute approximate surface area is 127 Å². The first-order chi connectivity index (χ1) is 9.60. The van der Waals surface area contributed by atoms with Crippen LogP contribution >= 0.6 is 23.2 Å². The molecular formula is C13H16Cl2N2O3. The zero-order valence-electron chi connectivity index (χ0n) is 10.8. The summed E-state index contributed by atoms with van der Waals surface area (Å²) < 4.78 is 5.27. The molecular weight excluding hydrogens is 303 g/mol. The number of hydrogen-bond donors (Lipinski definition) is 2. The summed E-state index contributed by atoms with van der Waals surface area (Å²) in [6.07, 6.45) is 0. The third-order valence-electron chi connectivity index (χ3n) is 3.11. The van der Waals surface area contributed by atoms with E-state index in [9.17, 15) is 9.90 Å². The van der Waals surface area contributed by atoms with Crippen LogP contribution in [0.2, 0.25) is 10.0 Å². The number of morpholine rings is 1. The molecule has 0 aliphatic carbocycles. The van der Waals surface area contributed by atoms with Crippen LogP contribution in [0.1, 0.15) is 0 Å². The third-order valence-corrected chi connectivity index (χ3v) is 3.67. The number of aliphatic hydroxyl groups excluding tert-OH is 1. The summed E-state index contributed by atoms with van der Waals surface area (Å²) in [5.74, 6) is -0.200. The van der Waals surface area contributed by atoms with Crippen LogP contribution in [0, 0.1) is 0 Å². The number of hydrogen-bond acceptors (Lipinski definition) is 4. The van der Waals surface area contributed by atoms with Gasteiger partial charge in [-0.2, -0.15) is 0 Å². The molecule has 5 nitrogen and oxygen atoms in total. The normalized spacial score (nSPS) is 19.9. The number of halogens is 2. The SMILES string of the molecule is O=C(CN1CCOCC1CO)Nc1cc(Cl)ccc1Cl. The molecule has 2 N–H and O–H groups in total. The van der Waals surface area contributed by atoms with Crippen LogP contribution in [0.15, 0.2) is 18.2 Å². The van der Waals surface area contributed by atoms with Gasteiger partial charge in [0, 0.05) is 11.6 Å². The fraction of sp³-hybridized carbons (Fsp3) is 0.462. The van der Waals surface area contributed by atoms with Crippen LogP contribution in [0.4, 0.5) is 5.69 Å². The zero-order chi connectivity index (χ0) is 14.5. The van der Waals surface area contributed by atoms with Crippen molar-refractivity contribution in [2.75, 3.05) is 38.2 Å². The standard InChI is InChI=1S/C13H16Cl2N2O3/c14-9-1-2-11(15)12(5-9)16-13(19)6-17-3-4-20-8-10(17)7-18/h1-2,5,10,18H,3-4,6-8H2,(H,16,19). The monoisotopic (exact) mass is 318 g/mol. The van der Waals surface area contributed by atoms with E-state index >= 15 is 0 Å². The van der Waals surface area contributed by atoms with Crippen LogP contribution in [-0.2, 0) is 9.53 Å². The van der Waals surface area contributed by atoms with Crippen molar-refractivity contribution in [3.05, 3.63) is 28.2 Å². The molecule has 0 radical (unpaired) electrons. The minimum Gasteiger partial charge on any atom is -0.395 e. The van der Waals surface area contributed by atoms with Crippen LogP contribution in [0.25, 0.3) is 0 Å². The number of carbonyl (C=O) groups is 1. The molecule has 0 aromatic heterocycles. The predicted octanol–water partition coefficient (Wildman–Crippen LogP) is 1.62. The molecule has 2 rings (SSSR count). The largest absolute Gasteiger partial charge is 0.395 e. The number of carbonyl (C=O) groups excluding carboxylic acids is 1. The van der Waals surface area contributed by atoms with Crippen LogP contribution in [0.3, 0.4) is 0 Å². The Morgan fingerprint density at radius 3 is 3.05 bits per heavy atom. The van der Waals surface area contributed by atoms with Crippen molar-refractivity contribution in [1.29, 1.82) is 0 Å². The smallest absolute Gasteiger partial charge is 0.238 e. The van der Waals surface area contributed by atoms with E-state index in [1.165, 1.54) is 0 Å². The second-order valence-corrected chi connectivity index (χ2v) is 5.40. The topological polar surface area (TPSA) is 61.8 Å². The molecule has 20 heavy (non-hydrogen) atoms. The summed E-state index contributed by atoms with van der Waals surface area (Å²) in [6.45, 7) is 1.74. The first kappa shape index (κ1) is 15.5. The summed E-state index contributed by atoms with van der Waals surface area (Å²) in [5, 5.41) is 12.9. The summed E-state index contributed by atoms with van der Waals surface area (Å²) >= 11 is 11.9. The highest BCUT2D eigenvalue weighted by atomic mass is 35.5. The van der Waals surface area contributed by atoms with E-state index in [0.717, 1.165) is 0 Å². The van der Waals surface area contributed by atoms with E-state index in [0.29, 0.717) is 35.5 Å². The van der Waals surface area contributed by atoms with Crippen LogP contribution in [-0.4, -0.2) is 54.9 Å². The Kier molecular flexibility index (Phi) is 5.63. The van der Waals surface area contributed by atoms with Gasteiger partial charge in [-0.15, -0.1) is 0 Å². The lowest BCUT2D eigenvalue weighted by atomic mass is 10.2. The van der Waals surface area contributed by atoms with Crippen LogP contribution < -0.4 is 5.32 Å². The zero-order valence-corrected chi connectivity index (χ0v) is 12.3. The average Bonchev–Trinajstić information content (AvgIpc) is 2.43. The van der Waals surface area contributed by atoms with Gasteiger partial charge in [0.15, 0.2) is 0 Å².